The lowest BCUT2D eigenvalue weighted by molar-refractivity contribution is -0.130. The van der Waals surface area contributed by atoms with Gasteiger partial charge in [0.1, 0.15) is 0 Å². The highest BCUT2D eigenvalue weighted by Gasteiger charge is 2.12. The van der Waals surface area contributed by atoms with Crippen LogP contribution in [0.2, 0.25) is 0 Å². The Morgan fingerprint density at radius 2 is 1.65 bits per heavy atom. The standard InChI is InChI=1S/C25H35N5O/c1-26-25(27-15-14-24(31)29(2)19-22-8-4-3-5-9-22)28-18-21-10-12-23(13-11-21)20-30-16-6-7-17-30/h3-5,8-13H,6-7,14-20H2,1-2H3,(H2,26,27,28). The Kier molecular flexibility index (Phi) is 8.91. The Morgan fingerprint density at radius 3 is 2.32 bits per heavy atom. The van der Waals surface area contributed by atoms with Crippen molar-refractivity contribution in [3.63, 3.8) is 0 Å². The zero-order chi connectivity index (χ0) is 21.9. The van der Waals surface area contributed by atoms with Gasteiger partial charge in [0.05, 0.1) is 0 Å². The molecule has 1 amide bonds. The first kappa shape index (κ1) is 22.8. The van der Waals surface area contributed by atoms with Crippen molar-refractivity contribution >= 4 is 11.9 Å². The lowest BCUT2D eigenvalue weighted by Gasteiger charge is -2.18. The Bertz CT molecular complexity index is 829. The zero-order valence-corrected chi connectivity index (χ0v) is 18.8. The lowest BCUT2D eigenvalue weighted by Crippen LogP contribution is -2.39. The highest BCUT2D eigenvalue weighted by molar-refractivity contribution is 5.81. The molecule has 0 aliphatic carbocycles. The minimum Gasteiger partial charge on any atom is -0.356 e. The molecule has 1 heterocycles. The number of nitrogens with one attached hydrogen (secondary N) is 2. The third kappa shape index (κ3) is 7.72. The monoisotopic (exact) mass is 421 g/mol. The summed E-state index contributed by atoms with van der Waals surface area (Å²) in [4.78, 5) is 20.9. The van der Waals surface area contributed by atoms with Crippen LogP contribution >= 0.6 is 0 Å². The largest absolute Gasteiger partial charge is 0.356 e. The van der Waals surface area contributed by atoms with Crippen LogP contribution < -0.4 is 10.6 Å². The molecular formula is C25H35N5O. The molecule has 0 aromatic heterocycles. The van der Waals surface area contributed by atoms with E-state index in [-0.39, 0.29) is 5.91 Å². The molecule has 0 radical (unpaired) electrons. The summed E-state index contributed by atoms with van der Waals surface area (Å²) in [6, 6.07) is 18.8. The van der Waals surface area contributed by atoms with E-state index in [9.17, 15) is 4.79 Å². The van der Waals surface area contributed by atoms with Crippen LogP contribution in [0.3, 0.4) is 0 Å². The van der Waals surface area contributed by atoms with Gasteiger partial charge in [-0.25, -0.2) is 0 Å². The van der Waals surface area contributed by atoms with E-state index in [1.807, 2.05) is 37.4 Å². The van der Waals surface area contributed by atoms with Crippen LogP contribution in [-0.2, 0) is 24.4 Å². The predicted molar refractivity (Wildman–Crippen MR) is 127 cm³/mol. The van der Waals surface area contributed by atoms with E-state index in [4.69, 9.17) is 0 Å². The molecule has 2 aromatic carbocycles. The van der Waals surface area contributed by atoms with Crippen LogP contribution in [0.4, 0.5) is 0 Å². The quantitative estimate of drug-likeness (QED) is 0.483. The summed E-state index contributed by atoms with van der Waals surface area (Å²) in [5.74, 6) is 0.819. The molecule has 0 spiro atoms. The maximum atomic E-state index is 12.4. The minimum absolute atomic E-state index is 0.111. The Morgan fingerprint density at radius 1 is 0.968 bits per heavy atom. The minimum atomic E-state index is 0.111. The van der Waals surface area contributed by atoms with E-state index >= 15 is 0 Å². The molecule has 1 saturated heterocycles. The van der Waals surface area contributed by atoms with Crippen LogP contribution in [0.25, 0.3) is 0 Å². The molecule has 0 unspecified atom stereocenters. The van der Waals surface area contributed by atoms with Crippen molar-refractivity contribution in [1.29, 1.82) is 0 Å². The van der Waals surface area contributed by atoms with Crippen LogP contribution in [0.5, 0.6) is 0 Å². The normalized spacial score (nSPS) is 14.5. The van der Waals surface area contributed by atoms with Gasteiger partial charge in [0.15, 0.2) is 5.96 Å². The number of guanidine groups is 1. The average Bonchev–Trinajstić information content (AvgIpc) is 3.30. The maximum absolute atomic E-state index is 12.4. The fourth-order valence-corrected chi connectivity index (χ4v) is 3.79. The number of carbonyl (C=O) groups excluding carboxylic acids is 1. The van der Waals surface area contributed by atoms with E-state index in [0.717, 1.165) is 12.1 Å². The number of aliphatic imine (C=N–C) groups is 1. The summed E-state index contributed by atoms with van der Waals surface area (Å²) in [5.41, 5.74) is 3.72. The first-order valence-corrected chi connectivity index (χ1v) is 11.2. The zero-order valence-electron chi connectivity index (χ0n) is 18.8. The maximum Gasteiger partial charge on any atom is 0.224 e. The molecule has 0 bridgehead atoms. The van der Waals surface area contributed by atoms with Gasteiger partial charge in [0.2, 0.25) is 5.91 Å². The van der Waals surface area contributed by atoms with Crippen LogP contribution in [0.15, 0.2) is 59.6 Å². The third-order valence-electron chi connectivity index (χ3n) is 5.63. The summed E-state index contributed by atoms with van der Waals surface area (Å²) >= 11 is 0. The predicted octanol–water partition coefficient (Wildman–Crippen LogP) is 3.00. The fraction of sp³-hybridized carbons (Fsp3) is 0.440. The van der Waals surface area contributed by atoms with Gasteiger partial charge in [-0.3, -0.25) is 14.7 Å². The van der Waals surface area contributed by atoms with E-state index in [1.165, 1.54) is 37.1 Å². The van der Waals surface area contributed by atoms with Crippen LogP contribution in [-0.4, -0.2) is 55.4 Å². The molecule has 3 rings (SSSR count). The molecular weight excluding hydrogens is 386 g/mol. The summed E-state index contributed by atoms with van der Waals surface area (Å²) in [7, 11) is 3.59. The molecule has 2 aromatic rings. The molecule has 31 heavy (non-hydrogen) atoms. The van der Waals surface area contributed by atoms with Crippen LogP contribution in [0, 0.1) is 0 Å². The topological polar surface area (TPSA) is 60.0 Å². The number of carbonyl (C=O) groups is 1. The highest BCUT2D eigenvalue weighted by atomic mass is 16.2. The van der Waals surface area contributed by atoms with Crippen molar-refractivity contribution in [2.75, 3.05) is 33.7 Å². The molecule has 166 valence electrons. The fourth-order valence-electron chi connectivity index (χ4n) is 3.79. The second-order valence-corrected chi connectivity index (χ2v) is 8.14. The third-order valence-corrected chi connectivity index (χ3v) is 5.63. The molecule has 2 N–H and O–H groups in total. The second-order valence-electron chi connectivity index (χ2n) is 8.14. The van der Waals surface area contributed by atoms with Gasteiger partial charge < -0.3 is 15.5 Å². The first-order chi connectivity index (χ1) is 15.1. The lowest BCUT2D eigenvalue weighted by atomic mass is 10.1. The summed E-state index contributed by atoms with van der Waals surface area (Å²) in [6.45, 7) is 5.35. The van der Waals surface area contributed by atoms with E-state index < -0.39 is 0 Å². The molecule has 1 aliphatic rings. The van der Waals surface area contributed by atoms with E-state index in [0.29, 0.717) is 32.0 Å². The van der Waals surface area contributed by atoms with Crippen molar-refractivity contribution in [3.8, 4) is 0 Å². The molecule has 1 aliphatic heterocycles. The average molecular weight is 422 g/mol. The Hall–Kier alpha value is -2.86. The molecule has 0 atom stereocenters. The van der Waals surface area contributed by atoms with Crippen LogP contribution in [0.1, 0.15) is 36.0 Å². The molecule has 6 heteroatoms. The smallest absolute Gasteiger partial charge is 0.224 e. The molecule has 6 nitrogen and oxygen atoms in total. The van der Waals surface area contributed by atoms with E-state index in [2.05, 4.69) is 44.8 Å². The number of benzene rings is 2. The Balaban J connectivity index is 1.35. The Labute approximate surface area is 186 Å². The number of nitrogens with zero attached hydrogens (tertiary/aromatic N) is 3. The van der Waals surface area contributed by atoms with Gasteiger partial charge in [0.25, 0.3) is 0 Å². The number of likely N-dealkylation sites (tertiary alicyclic amines) is 1. The summed E-state index contributed by atoms with van der Waals surface area (Å²) < 4.78 is 0. The number of hydrogen-bond donors (Lipinski definition) is 2. The van der Waals surface area contributed by atoms with Crippen molar-refractivity contribution in [3.05, 3.63) is 71.3 Å². The van der Waals surface area contributed by atoms with Gasteiger partial charge in [0, 0.05) is 46.7 Å². The van der Waals surface area contributed by atoms with Gasteiger partial charge in [-0.15, -0.1) is 0 Å². The van der Waals surface area contributed by atoms with Gasteiger partial charge in [-0.1, -0.05) is 54.6 Å². The van der Waals surface area contributed by atoms with Crippen molar-refractivity contribution < 1.29 is 4.79 Å². The van der Waals surface area contributed by atoms with Crippen molar-refractivity contribution in [1.82, 2.24) is 20.4 Å². The summed E-state index contributed by atoms with van der Waals surface area (Å²) in [5, 5.41) is 6.56. The molecule has 1 fully saturated rings. The first-order valence-electron chi connectivity index (χ1n) is 11.2. The molecule has 0 saturated carbocycles. The van der Waals surface area contributed by atoms with Crippen molar-refractivity contribution in [2.24, 2.45) is 4.99 Å². The number of amides is 1. The summed E-state index contributed by atoms with van der Waals surface area (Å²) in [6.07, 6.45) is 3.07. The van der Waals surface area contributed by atoms with Gasteiger partial charge in [-0.05, 0) is 42.6 Å². The number of rotatable bonds is 9. The SMILES string of the molecule is CN=C(NCCC(=O)N(C)Cc1ccccc1)NCc1ccc(CN2CCCC2)cc1. The second kappa shape index (κ2) is 12.1. The van der Waals surface area contributed by atoms with Gasteiger partial charge >= 0.3 is 0 Å². The van der Waals surface area contributed by atoms with E-state index in [1.54, 1.807) is 11.9 Å². The van der Waals surface area contributed by atoms with Gasteiger partial charge in [-0.2, -0.15) is 0 Å². The van der Waals surface area contributed by atoms with Crippen molar-refractivity contribution in [2.45, 2.75) is 38.9 Å². The highest BCUT2D eigenvalue weighted by Crippen LogP contribution is 2.13. The number of hydrogen-bond acceptors (Lipinski definition) is 3.